The molecule has 1 fully saturated rings. The molecule has 40 heavy (non-hydrogen) atoms. The number of hydrogen-bond acceptors (Lipinski definition) is 6. The number of carbonyl (C=O) groups excluding carboxylic acids is 2. The molecule has 0 radical (unpaired) electrons. The molecule has 0 aliphatic carbocycles. The molecular weight excluding hydrogens is 644 g/mol. The van der Waals surface area contributed by atoms with E-state index in [2.05, 4.69) is 22.6 Å². The summed E-state index contributed by atoms with van der Waals surface area (Å²) in [5.41, 5.74) is 1.53. The number of halogens is 2. The third-order valence-corrected chi connectivity index (χ3v) is 7.83. The van der Waals surface area contributed by atoms with E-state index >= 15 is 0 Å². The van der Waals surface area contributed by atoms with E-state index in [0.717, 1.165) is 31.7 Å². The minimum absolute atomic E-state index is 0.142. The van der Waals surface area contributed by atoms with Crippen molar-refractivity contribution in [3.63, 3.8) is 0 Å². The van der Waals surface area contributed by atoms with Gasteiger partial charge >= 0.3 is 0 Å². The van der Waals surface area contributed by atoms with Crippen LogP contribution in [0.25, 0.3) is 16.8 Å². The fourth-order valence-corrected chi connectivity index (χ4v) is 5.87. The quantitative estimate of drug-likeness (QED) is 0.128. The fraction of sp³-hybridized carbons (Fsp3) is 0.161. The molecule has 2 amide bonds. The Bertz CT molecular complexity index is 1590. The summed E-state index contributed by atoms with van der Waals surface area (Å²) in [6, 6.07) is 23.4. The molecule has 0 saturated carbocycles. The summed E-state index contributed by atoms with van der Waals surface area (Å²) < 4.78 is 31.8. The zero-order valence-electron chi connectivity index (χ0n) is 21.6. The molecule has 1 saturated heterocycles. The number of thioether (sulfide) groups is 1. The van der Waals surface area contributed by atoms with Crippen molar-refractivity contribution in [1.29, 1.82) is 0 Å². The molecule has 0 aromatic heterocycles. The first-order chi connectivity index (χ1) is 19.4. The highest BCUT2D eigenvalue weighted by atomic mass is 127. The van der Waals surface area contributed by atoms with Crippen molar-refractivity contribution in [3.05, 3.63) is 104 Å². The van der Waals surface area contributed by atoms with Crippen LogP contribution in [0.4, 0.5) is 9.18 Å². The lowest BCUT2D eigenvalue weighted by molar-refractivity contribution is -0.123. The van der Waals surface area contributed by atoms with Crippen LogP contribution >= 0.6 is 34.4 Å². The van der Waals surface area contributed by atoms with E-state index in [9.17, 15) is 14.0 Å². The molecule has 0 unspecified atom stereocenters. The number of fused-ring (bicyclic) bond motifs is 1. The lowest BCUT2D eigenvalue weighted by atomic mass is 10.1. The second kappa shape index (κ2) is 12.7. The summed E-state index contributed by atoms with van der Waals surface area (Å²) in [6.45, 7) is 2.86. The van der Waals surface area contributed by atoms with Crippen LogP contribution in [0.2, 0.25) is 0 Å². The van der Waals surface area contributed by atoms with E-state index in [1.165, 1.54) is 17.0 Å². The number of rotatable bonds is 10. The zero-order valence-corrected chi connectivity index (χ0v) is 24.5. The third kappa shape index (κ3) is 6.42. The summed E-state index contributed by atoms with van der Waals surface area (Å²) in [4.78, 5) is 27.3. The molecule has 0 spiro atoms. The second-order valence-electron chi connectivity index (χ2n) is 8.84. The average molecular weight is 670 g/mol. The van der Waals surface area contributed by atoms with Gasteiger partial charge in [0.05, 0.1) is 21.6 Å². The molecule has 5 rings (SSSR count). The van der Waals surface area contributed by atoms with Crippen molar-refractivity contribution >= 4 is 62.3 Å². The molecule has 1 heterocycles. The van der Waals surface area contributed by atoms with Gasteiger partial charge in [-0.2, -0.15) is 0 Å². The number of ether oxygens (including phenoxy) is 3. The van der Waals surface area contributed by atoms with Crippen LogP contribution in [0.3, 0.4) is 0 Å². The zero-order chi connectivity index (χ0) is 28.1. The lowest BCUT2D eigenvalue weighted by Crippen LogP contribution is -2.32. The Labute approximate surface area is 249 Å². The van der Waals surface area contributed by atoms with Gasteiger partial charge in [-0.15, -0.1) is 0 Å². The highest BCUT2D eigenvalue weighted by Crippen LogP contribution is 2.38. The molecular formula is C31H25FINO5S. The number of carbonyl (C=O) groups is 2. The number of benzene rings is 4. The van der Waals surface area contributed by atoms with Crippen LogP contribution < -0.4 is 14.2 Å². The van der Waals surface area contributed by atoms with E-state index in [1.807, 2.05) is 55.5 Å². The lowest BCUT2D eigenvalue weighted by Gasteiger charge is -2.15. The first kappa shape index (κ1) is 28.0. The van der Waals surface area contributed by atoms with Crippen molar-refractivity contribution in [2.24, 2.45) is 0 Å². The topological polar surface area (TPSA) is 65.1 Å². The van der Waals surface area contributed by atoms with Gasteiger partial charge < -0.3 is 14.2 Å². The van der Waals surface area contributed by atoms with Crippen molar-refractivity contribution in [2.45, 2.75) is 13.5 Å². The highest BCUT2D eigenvalue weighted by molar-refractivity contribution is 14.1. The van der Waals surface area contributed by atoms with E-state index in [-0.39, 0.29) is 36.7 Å². The Morgan fingerprint density at radius 2 is 1.70 bits per heavy atom. The predicted molar refractivity (Wildman–Crippen MR) is 163 cm³/mol. The van der Waals surface area contributed by atoms with Gasteiger partial charge in [0.1, 0.15) is 24.8 Å². The maximum Gasteiger partial charge on any atom is 0.293 e. The monoisotopic (exact) mass is 669 g/mol. The number of amides is 2. The van der Waals surface area contributed by atoms with Gasteiger partial charge in [-0.25, -0.2) is 4.39 Å². The normalized spacial score (nSPS) is 14.3. The highest BCUT2D eigenvalue weighted by Gasteiger charge is 2.35. The number of nitrogens with zero attached hydrogens (tertiary/aromatic N) is 1. The third-order valence-electron chi connectivity index (χ3n) is 6.12. The van der Waals surface area contributed by atoms with Crippen molar-refractivity contribution in [3.8, 4) is 17.2 Å². The number of imide groups is 1. The SMILES string of the molecule is CCOc1cc(/C=C2\SC(=O)N(CCOc3cccc4ccccc34)C2=O)cc(I)c1OCc1ccc(F)cc1. The Balaban J connectivity index is 1.27. The van der Waals surface area contributed by atoms with Gasteiger partial charge in [-0.05, 0) is 94.2 Å². The summed E-state index contributed by atoms with van der Waals surface area (Å²) in [6.07, 6.45) is 1.69. The van der Waals surface area contributed by atoms with Gasteiger partial charge in [0, 0.05) is 5.39 Å². The Morgan fingerprint density at radius 3 is 2.50 bits per heavy atom. The van der Waals surface area contributed by atoms with Crippen molar-refractivity contribution in [2.75, 3.05) is 19.8 Å². The summed E-state index contributed by atoms with van der Waals surface area (Å²) >= 11 is 3.05. The van der Waals surface area contributed by atoms with E-state index in [1.54, 1.807) is 24.3 Å². The molecule has 204 valence electrons. The van der Waals surface area contributed by atoms with Crippen molar-refractivity contribution in [1.82, 2.24) is 4.90 Å². The van der Waals surface area contributed by atoms with Crippen LogP contribution in [-0.2, 0) is 11.4 Å². The first-order valence-electron chi connectivity index (χ1n) is 12.6. The molecule has 0 atom stereocenters. The largest absolute Gasteiger partial charge is 0.491 e. The van der Waals surface area contributed by atoms with Gasteiger partial charge in [0.15, 0.2) is 11.5 Å². The van der Waals surface area contributed by atoms with E-state index in [4.69, 9.17) is 14.2 Å². The summed E-state index contributed by atoms with van der Waals surface area (Å²) in [7, 11) is 0. The molecule has 0 N–H and O–H groups in total. The van der Waals surface area contributed by atoms with Gasteiger partial charge in [-0.3, -0.25) is 14.5 Å². The molecule has 9 heteroatoms. The Hall–Kier alpha value is -3.57. The molecule has 4 aromatic carbocycles. The maximum atomic E-state index is 13.2. The van der Waals surface area contributed by atoms with Gasteiger partial charge in [0.25, 0.3) is 11.1 Å². The molecule has 1 aliphatic heterocycles. The minimum Gasteiger partial charge on any atom is -0.491 e. The molecule has 0 bridgehead atoms. The fourth-order valence-electron chi connectivity index (χ4n) is 4.22. The van der Waals surface area contributed by atoms with E-state index < -0.39 is 0 Å². The van der Waals surface area contributed by atoms with Crippen LogP contribution in [-0.4, -0.2) is 35.8 Å². The van der Waals surface area contributed by atoms with Crippen LogP contribution in [0.15, 0.2) is 83.8 Å². The van der Waals surface area contributed by atoms with E-state index in [0.29, 0.717) is 34.3 Å². The number of hydrogen-bond donors (Lipinski definition) is 0. The first-order valence-corrected chi connectivity index (χ1v) is 14.5. The smallest absolute Gasteiger partial charge is 0.293 e. The second-order valence-corrected chi connectivity index (χ2v) is 11.0. The Morgan fingerprint density at radius 1 is 0.925 bits per heavy atom. The maximum absolute atomic E-state index is 13.2. The molecule has 4 aromatic rings. The van der Waals surface area contributed by atoms with Crippen LogP contribution in [0, 0.1) is 9.39 Å². The van der Waals surface area contributed by atoms with Gasteiger partial charge in [0.2, 0.25) is 0 Å². The van der Waals surface area contributed by atoms with Crippen LogP contribution in [0.5, 0.6) is 17.2 Å². The Kier molecular flexibility index (Phi) is 8.91. The minimum atomic E-state index is -0.360. The summed E-state index contributed by atoms with van der Waals surface area (Å²) in [5, 5.41) is 1.70. The van der Waals surface area contributed by atoms with Crippen molar-refractivity contribution < 1.29 is 28.2 Å². The van der Waals surface area contributed by atoms with Gasteiger partial charge in [-0.1, -0.05) is 48.5 Å². The standard InChI is InChI=1S/C31H25FINO5S/c1-2-37-27-17-21(16-25(33)29(27)39-19-20-10-12-23(32)13-11-20)18-28-30(35)34(31(36)40-28)14-15-38-26-9-5-7-22-6-3-4-8-24(22)26/h3-13,16-18H,2,14-15,19H2,1H3/b28-18-. The molecule has 6 nitrogen and oxygen atoms in total. The predicted octanol–water partition coefficient (Wildman–Crippen LogP) is 7.68. The average Bonchev–Trinajstić information content (AvgIpc) is 3.21. The van der Waals surface area contributed by atoms with Crippen LogP contribution in [0.1, 0.15) is 18.1 Å². The summed E-state index contributed by atoms with van der Waals surface area (Å²) in [5.74, 6) is 1.12. The molecule has 1 aliphatic rings.